The SMILES string of the molecule is CCN(CC)CCN1C2=CC=C(C(C)=O)CC2c2cc(-c3ccnc(C)n3)ccc21. The largest absolute Gasteiger partial charge is 0.343 e. The molecule has 5 nitrogen and oxygen atoms in total. The number of Topliss-reactive ketones (excluding diaryl/α,β-unsaturated/α-hetero) is 1. The molecule has 0 spiro atoms. The average molecular weight is 403 g/mol. The van der Waals surface area contributed by atoms with Crippen molar-refractivity contribution in [2.24, 2.45) is 0 Å². The zero-order valence-electron chi connectivity index (χ0n) is 18.4. The normalized spacial score (nSPS) is 17.5. The number of carbonyl (C=O) groups is 1. The fourth-order valence-electron chi connectivity index (χ4n) is 4.53. The number of hydrogen-bond acceptors (Lipinski definition) is 5. The van der Waals surface area contributed by atoms with E-state index in [9.17, 15) is 4.79 Å². The highest BCUT2D eigenvalue weighted by molar-refractivity contribution is 5.94. The molecule has 30 heavy (non-hydrogen) atoms. The average Bonchev–Trinajstić information content (AvgIpc) is 3.07. The van der Waals surface area contributed by atoms with E-state index in [4.69, 9.17) is 0 Å². The van der Waals surface area contributed by atoms with Gasteiger partial charge < -0.3 is 9.80 Å². The topological polar surface area (TPSA) is 49.3 Å². The van der Waals surface area contributed by atoms with Crippen molar-refractivity contribution in [2.75, 3.05) is 31.1 Å². The van der Waals surface area contributed by atoms with Crippen molar-refractivity contribution in [1.82, 2.24) is 14.9 Å². The highest BCUT2D eigenvalue weighted by Gasteiger charge is 2.36. The molecule has 2 aliphatic rings. The molecule has 0 bridgehead atoms. The lowest BCUT2D eigenvalue weighted by Crippen LogP contribution is -2.34. The molecule has 5 heteroatoms. The van der Waals surface area contributed by atoms with Crippen molar-refractivity contribution in [3.05, 3.63) is 65.3 Å². The van der Waals surface area contributed by atoms with E-state index in [2.05, 4.69) is 57.9 Å². The van der Waals surface area contributed by atoms with Crippen LogP contribution in [0.1, 0.15) is 44.5 Å². The van der Waals surface area contributed by atoms with E-state index in [0.717, 1.165) is 55.3 Å². The molecule has 0 saturated carbocycles. The Morgan fingerprint density at radius 2 is 2.00 bits per heavy atom. The Balaban J connectivity index is 1.73. The molecule has 4 rings (SSSR count). The van der Waals surface area contributed by atoms with Crippen LogP contribution >= 0.6 is 0 Å². The Morgan fingerprint density at radius 1 is 1.20 bits per heavy atom. The summed E-state index contributed by atoms with van der Waals surface area (Å²) >= 11 is 0. The fourth-order valence-corrected chi connectivity index (χ4v) is 4.53. The van der Waals surface area contributed by atoms with Gasteiger partial charge in [-0.1, -0.05) is 26.0 Å². The first kappa shape index (κ1) is 20.5. The highest BCUT2D eigenvalue weighted by Crippen LogP contribution is 2.49. The monoisotopic (exact) mass is 402 g/mol. The molecule has 2 heterocycles. The molecule has 1 unspecified atom stereocenters. The lowest BCUT2D eigenvalue weighted by Gasteiger charge is -2.28. The molecule has 0 N–H and O–H groups in total. The van der Waals surface area contributed by atoms with Crippen LogP contribution < -0.4 is 4.90 Å². The molecule has 0 saturated heterocycles. The lowest BCUT2D eigenvalue weighted by molar-refractivity contribution is -0.113. The van der Waals surface area contributed by atoms with Crippen LogP contribution in [0.2, 0.25) is 0 Å². The maximum absolute atomic E-state index is 12.1. The van der Waals surface area contributed by atoms with E-state index >= 15 is 0 Å². The molecule has 0 radical (unpaired) electrons. The van der Waals surface area contributed by atoms with Crippen LogP contribution in [0.5, 0.6) is 0 Å². The van der Waals surface area contributed by atoms with Crippen LogP contribution in [0.15, 0.2) is 53.9 Å². The number of anilines is 1. The molecule has 1 atom stereocenters. The van der Waals surface area contributed by atoms with Crippen molar-refractivity contribution in [3.63, 3.8) is 0 Å². The number of fused-ring (bicyclic) bond motifs is 3. The Labute approximate surface area is 179 Å². The first-order valence-corrected chi connectivity index (χ1v) is 10.9. The van der Waals surface area contributed by atoms with Gasteiger partial charge in [0.1, 0.15) is 5.82 Å². The summed E-state index contributed by atoms with van der Waals surface area (Å²) in [7, 11) is 0. The van der Waals surface area contributed by atoms with Crippen LogP contribution in [-0.2, 0) is 4.79 Å². The number of aryl methyl sites for hydroxylation is 1. The van der Waals surface area contributed by atoms with Gasteiger partial charge in [-0.2, -0.15) is 0 Å². The van der Waals surface area contributed by atoms with Gasteiger partial charge in [0.25, 0.3) is 0 Å². The third kappa shape index (κ3) is 3.82. The smallest absolute Gasteiger partial charge is 0.155 e. The second kappa shape index (κ2) is 8.52. The third-order valence-corrected chi connectivity index (χ3v) is 6.30. The van der Waals surface area contributed by atoms with Gasteiger partial charge in [0.15, 0.2) is 5.78 Å². The molecule has 1 aromatic carbocycles. The number of likely N-dealkylation sites (N-methyl/N-ethyl adjacent to an activating group) is 1. The summed E-state index contributed by atoms with van der Waals surface area (Å²) in [6.45, 7) is 12.1. The summed E-state index contributed by atoms with van der Waals surface area (Å²) in [6.07, 6.45) is 6.74. The summed E-state index contributed by atoms with van der Waals surface area (Å²) in [5.74, 6) is 1.16. The predicted octanol–water partition coefficient (Wildman–Crippen LogP) is 4.50. The number of carbonyl (C=O) groups excluding carboxylic acids is 1. The number of ketones is 1. The third-order valence-electron chi connectivity index (χ3n) is 6.30. The van der Waals surface area contributed by atoms with Gasteiger partial charge >= 0.3 is 0 Å². The van der Waals surface area contributed by atoms with Crippen LogP contribution in [0, 0.1) is 6.92 Å². The number of benzene rings is 1. The van der Waals surface area contributed by atoms with Gasteiger partial charge in [-0.25, -0.2) is 9.97 Å². The van der Waals surface area contributed by atoms with Crippen LogP contribution in [0.3, 0.4) is 0 Å². The number of allylic oxidation sites excluding steroid dienone is 4. The molecular weight excluding hydrogens is 372 g/mol. The van der Waals surface area contributed by atoms with Crippen LogP contribution in [0.25, 0.3) is 11.3 Å². The standard InChI is InChI=1S/C25H30N4O/c1-5-28(6-2)13-14-29-24-9-7-19(17(3)30)15-21(24)22-16-20(8-10-25(22)29)23-11-12-26-18(4)27-23/h7-12,16,21H,5-6,13-15H2,1-4H3. The minimum Gasteiger partial charge on any atom is -0.343 e. The Morgan fingerprint density at radius 3 is 2.70 bits per heavy atom. The number of aromatic nitrogens is 2. The first-order valence-electron chi connectivity index (χ1n) is 10.9. The predicted molar refractivity (Wildman–Crippen MR) is 122 cm³/mol. The van der Waals surface area contributed by atoms with Crippen LogP contribution in [0.4, 0.5) is 5.69 Å². The summed E-state index contributed by atoms with van der Waals surface area (Å²) in [5, 5.41) is 0. The second-order valence-electron chi connectivity index (χ2n) is 8.04. The number of hydrogen-bond donors (Lipinski definition) is 0. The van der Waals surface area contributed by atoms with Crippen molar-refractivity contribution in [3.8, 4) is 11.3 Å². The Bertz CT molecular complexity index is 1020. The van der Waals surface area contributed by atoms with Gasteiger partial charge in [-0.05, 0) is 68.8 Å². The Kier molecular flexibility index (Phi) is 5.82. The molecule has 1 aromatic heterocycles. The lowest BCUT2D eigenvalue weighted by atomic mass is 9.86. The van der Waals surface area contributed by atoms with E-state index < -0.39 is 0 Å². The summed E-state index contributed by atoms with van der Waals surface area (Å²) < 4.78 is 0. The highest BCUT2D eigenvalue weighted by atomic mass is 16.1. The van der Waals surface area contributed by atoms with E-state index in [-0.39, 0.29) is 11.7 Å². The van der Waals surface area contributed by atoms with Gasteiger partial charge in [0.2, 0.25) is 0 Å². The van der Waals surface area contributed by atoms with Crippen molar-refractivity contribution in [2.45, 2.75) is 40.0 Å². The number of rotatable bonds is 7. The molecule has 2 aromatic rings. The number of nitrogens with zero attached hydrogens (tertiary/aromatic N) is 4. The second-order valence-corrected chi connectivity index (χ2v) is 8.04. The molecule has 156 valence electrons. The zero-order chi connectivity index (χ0) is 21.3. The van der Waals surface area contributed by atoms with E-state index in [1.54, 1.807) is 6.92 Å². The van der Waals surface area contributed by atoms with Gasteiger partial charge in [0.05, 0.1) is 5.69 Å². The van der Waals surface area contributed by atoms with Crippen LogP contribution in [-0.4, -0.2) is 46.8 Å². The first-order chi connectivity index (χ1) is 14.5. The van der Waals surface area contributed by atoms with Gasteiger partial charge in [-0.15, -0.1) is 0 Å². The van der Waals surface area contributed by atoms with E-state index in [1.807, 2.05) is 25.3 Å². The van der Waals surface area contributed by atoms with Gasteiger partial charge in [0, 0.05) is 42.2 Å². The molecular formula is C25H30N4O. The maximum atomic E-state index is 12.1. The summed E-state index contributed by atoms with van der Waals surface area (Å²) in [4.78, 5) is 25.8. The van der Waals surface area contributed by atoms with Crippen molar-refractivity contribution >= 4 is 11.5 Å². The summed E-state index contributed by atoms with van der Waals surface area (Å²) in [6, 6.07) is 8.59. The molecule has 1 aliphatic heterocycles. The van der Waals surface area contributed by atoms with Crippen molar-refractivity contribution in [1.29, 1.82) is 0 Å². The minimum atomic E-state index is 0.163. The maximum Gasteiger partial charge on any atom is 0.155 e. The summed E-state index contributed by atoms with van der Waals surface area (Å²) in [5.41, 5.74) is 6.80. The van der Waals surface area contributed by atoms with Gasteiger partial charge in [-0.3, -0.25) is 4.79 Å². The van der Waals surface area contributed by atoms with E-state index in [1.165, 1.54) is 16.9 Å². The molecule has 0 fully saturated rings. The zero-order valence-corrected chi connectivity index (χ0v) is 18.4. The Hall–Kier alpha value is -2.79. The van der Waals surface area contributed by atoms with Crippen molar-refractivity contribution < 1.29 is 4.79 Å². The molecule has 0 amide bonds. The van der Waals surface area contributed by atoms with E-state index in [0.29, 0.717) is 0 Å². The minimum absolute atomic E-state index is 0.163. The fraction of sp³-hybridized carbons (Fsp3) is 0.400. The molecule has 1 aliphatic carbocycles. The quantitative estimate of drug-likeness (QED) is 0.682.